The average Bonchev–Trinajstić information content (AvgIpc) is 2.82. The predicted molar refractivity (Wildman–Crippen MR) is 67.2 cm³/mol. The van der Waals surface area contributed by atoms with Crippen LogP contribution in [0, 0.1) is 0 Å². The Bertz CT molecular complexity index is 649. The van der Waals surface area contributed by atoms with Gasteiger partial charge in [0, 0.05) is 19.8 Å². The molecule has 0 aliphatic heterocycles. The largest absolute Gasteiger partial charge is 0.325 e. The minimum absolute atomic E-state index is 0.0296. The first-order chi connectivity index (χ1) is 9.01. The van der Waals surface area contributed by atoms with Crippen LogP contribution in [0.4, 0.5) is 0 Å². The van der Waals surface area contributed by atoms with Crippen molar-refractivity contribution in [1.82, 2.24) is 24.5 Å². The quantitative estimate of drug-likeness (QED) is 0.737. The molecule has 0 bridgehead atoms. The van der Waals surface area contributed by atoms with E-state index < -0.39 is 10.0 Å². The van der Waals surface area contributed by atoms with Gasteiger partial charge in [-0.05, 0) is 12.1 Å². The monoisotopic (exact) mass is 282 g/mol. The predicted octanol–water partition coefficient (Wildman–Crippen LogP) is -0.853. The van der Waals surface area contributed by atoms with E-state index in [0.29, 0.717) is 11.5 Å². The average molecular weight is 282 g/mol. The molecule has 0 radical (unpaired) electrons. The maximum atomic E-state index is 12.0. The summed E-state index contributed by atoms with van der Waals surface area (Å²) in [6, 6.07) is 3.04. The first-order valence-corrected chi connectivity index (χ1v) is 6.99. The Morgan fingerprint density at radius 1 is 1.37 bits per heavy atom. The normalized spacial score (nSPS) is 11.7. The summed E-state index contributed by atoms with van der Waals surface area (Å²) in [6.45, 7) is 0.299. The van der Waals surface area contributed by atoms with E-state index >= 15 is 0 Å². The number of rotatable bonds is 5. The second-order valence-electron chi connectivity index (χ2n) is 3.85. The van der Waals surface area contributed by atoms with Gasteiger partial charge in [0.2, 0.25) is 10.0 Å². The number of nitrogens with two attached hydrogens (primary N) is 1. The van der Waals surface area contributed by atoms with Gasteiger partial charge in [-0.15, -0.1) is 0 Å². The molecule has 102 valence electrons. The molecule has 9 heteroatoms. The first-order valence-electron chi connectivity index (χ1n) is 5.50. The lowest BCUT2D eigenvalue weighted by Gasteiger charge is -2.05. The van der Waals surface area contributed by atoms with Gasteiger partial charge in [0.15, 0.2) is 5.82 Å². The van der Waals surface area contributed by atoms with Crippen molar-refractivity contribution in [3.05, 3.63) is 36.2 Å². The summed E-state index contributed by atoms with van der Waals surface area (Å²) < 4.78 is 27.8. The summed E-state index contributed by atoms with van der Waals surface area (Å²) in [5.74, 6) is 0.401. The number of pyridine rings is 1. The molecule has 2 aromatic heterocycles. The third kappa shape index (κ3) is 3.34. The molecule has 0 saturated carbocycles. The van der Waals surface area contributed by atoms with Crippen molar-refractivity contribution in [2.45, 2.75) is 18.0 Å². The van der Waals surface area contributed by atoms with Crippen molar-refractivity contribution in [3.63, 3.8) is 0 Å². The van der Waals surface area contributed by atoms with Gasteiger partial charge in [0.05, 0.1) is 12.2 Å². The standard InChI is InChI=1S/C10H14N6O2S/c1-16-7-13-10(15-16)6-14-19(17,18)9-3-2-8(4-11)12-5-9/h2-3,5,7,14H,4,6,11H2,1H3. The minimum Gasteiger partial charge on any atom is -0.325 e. The van der Waals surface area contributed by atoms with Crippen LogP contribution in [0.3, 0.4) is 0 Å². The van der Waals surface area contributed by atoms with Gasteiger partial charge in [0.25, 0.3) is 0 Å². The van der Waals surface area contributed by atoms with Crippen molar-refractivity contribution < 1.29 is 8.42 Å². The fourth-order valence-corrected chi connectivity index (χ4v) is 2.32. The summed E-state index contributed by atoms with van der Waals surface area (Å²) in [7, 11) is -1.91. The lowest BCUT2D eigenvalue weighted by Crippen LogP contribution is -2.24. The molecular formula is C10H14N6O2S. The maximum absolute atomic E-state index is 12.0. The van der Waals surface area contributed by atoms with Gasteiger partial charge >= 0.3 is 0 Å². The van der Waals surface area contributed by atoms with E-state index in [-0.39, 0.29) is 18.0 Å². The molecule has 0 spiro atoms. The van der Waals surface area contributed by atoms with E-state index in [4.69, 9.17) is 5.73 Å². The van der Waals surface area contributed by atoms with E-state index in [9.17, 15) is 8.42 Å². The molecular weight excluding hydrogens is 268 g/mol. The molecule has 0 atom stereocenters. The van der Waals surface area contributed by atoms with E-state index in [0.717, 1.165) is 0 Å². The topological polar surface area (TPSA) is 116 Å². The van der Waals surface area contributed by atoms with Gasteiger partial charge in [-0.2, -0.15) is 5.10 Å². The van der Waals surface area contributed by atoms with Crippen LogP contribution in [0.2, 0.25) is 0 Å². The zero-order valence-electron chi connectivity index (χ0n) is 10.3. The van der Waals surface area contributed by atoms with E-state index in [1.165, 1.54) is 23.3 Å². The molecule has 0 amide bonds. The Morgan fingerprint density at radius 3 is 2.68 bits per heavy atom. The van der Waals surface area contributed by atoms with Crippen molar-refractivity contribution >= 4 is 10.0 Å². The fraction of sp³-hybridized carbons (Fsp3) is 0.300. The van der Waals surface area contributed by atoms with Crippen LogP contribution in [-0.4, -0.2) is 28.2 Å². The Morgan fingerprint density at radius 2 is 2.16 bits per heavy atom. The molecule has 19 heavy (non-hydrogen) atoms. The minimum atomic E-state index is -3.62. The molecule has 2 rings (SSSR count). The number of hydrogen-bond donors (Lipinski definition) is 2. The van der Waals surface area contributed by atoms with Gasteiger partial charge in [-0.25, -0.2) is 18.1 Å². The highest BCUT2D eigenvalue weighted by atomic mass is 32.2. The lowest BCUT2D eigenvalue weighted by molar-refractivity contribution is 0.578. The maximum Gasteiger partial charge on any atom is 0.242 e. The number of hydrogen-bond acceptors (Lipinski definition) is 6. The van der Waals surface area contributed by atoms with Crippen LogP contribution in [0.1, 0.15) is 11.5 Å². The summed E-state index contributed by atoms with van der Waals surface area (Å²) in [5.41, 5.74) is 6.03. The first kappa shape index (κ1) is 13.6. The highest BCUT2D eigenvalue weighted by Gasteiger charge is 2.15. The highest BCUT2D eigenvalue weighted by Crippen LogP contribution is 2.08. The molecule has 3 N–H and O–H groups in total. The number of nitrogens with zero attached hydrogens (tertiary/aromatic N) is 4. The van der Waals surface area contributed by atoms with Crippen molar-refractivity contribution in [2.24, 2.45) is 12.8 Å². The van der Waals surface area contributed by atoms with Gasteiger partial charge < -0.3 is 5.73 Å². The van der Waals surface area contributed by atoms with Crippen LogP contribution in [-0.2, 0) is 30.2 Å². The Balaban J connectivity index is 2.09. The lowest BCUT2D eigenvalue weighted by atomic mass is 10.4. The van der Waals surface area contributed by atoms with Crippen LogP contribution in [0.5, 0.6) is 0 Å². The second-order valence-corrected chi connectivity index (χ2v) is 5.62. The van der Waals surface area contributed by atoms with Gasteiger partial charge in [-0.1, -0.05) is 0 Å². The van der Waals surface area contributed by atoms with Crippen LogP contribution >= 0.6 is 0 Å². The van der Waals surface area contributed by atoms with E-state index in [2.05, 4.69) is 19.8 Å². The molecule has 2 aromatic rings. The van der Waals surface area contributed by atoms with E-state index in [1.54, 1.807) is 13.1 Å². The van der Waals surface area contributed by atoms with Gasteiger partial charge in [-0.3, -0.25) is 9.67 Å². The zero-order chi connectivity index (χ0) is 13.9. The summed E-state index contributed by atoms with van der Waals surface area (Å²) in [5, 5.41) is 3.98. The fourth-order valence-electron chi connectivity index (χ4n) is 1.40. The van der Waals surface area contributed by atoms with Crippen molar-refractivity contribution in [1.29, 1.82) is 0 Å². The van der Waals surface area contributed by atoms with E-state index in [1.807, 2.05) is 0 Å². The van der Waals surface area contributed by atoms with Crippen molar-refractivity contribution in [3.8, 4) is 0 Å². The molecule has 0 aliphatic rings. The van der Waals surface area contributed by atoms with Crippen LogP contribution in [0.25, 0.3) is 0 Å². The highest BCUT2D eigenvalue weighted by molar-refractivity contribution is 7.89. The Hall–Kier alpha value is -1.84. The Kier molecular flexibility index (Phi) is 3.88. The molecule has 0 unspecified atom stereocenters. The molecule has 8 nitrogen and oxygen atoms in total. The summed E-state index contributed by atoms with van der Waals surface area (Å²) in [4.78, 5) is 7.96. The third-order valence-electron chi connectivity index (χ3n) is 2.38. The smallest absolute Gasteiger partial charge is 0.242 e. The molecule has 2 heterocycles. The second kappa shape index (κ2) is 5.43. The number of aryl methyl sites for hydroxylation is 1. The summed E-state index contributed by atoms with van der Waals surface area (Å²) in [6.07, 6.45) is 2.78. The molecule has 0 aromatic carbocycles. The van der Waals surface area contributed by atoms with Crippen LogP contribution < -0.4 is 10.5 Å². The van der Waals surface area contributed by atoms with Crippen molar-refractivity contribution in [2.75, 3.05) is 0 Å². The molecule has 0 fully saturated rings. The summed E-state index contributed by atoms with van der Waals surface area (Å²) >= 11 is 0. The molecule has 0 aliphatic carbocycles. The SMILES string of the molecule is Cn1cnc(CNS(=O)(=O)c2ccc(CN)nc2)n1. The number of sulfonamides is 1. The Labute approximate surface area is 110 Å². The number of nitrogens with one attached hydrogen (secondary N) is 1. The van der Waals surface area contributed by atoms with Gasteiger partial charge in [0.1, 0.15) is 11.2 Å². The molecule has 0 saturated heterocycles. The van der Waals surface area contributed by atoms with Crippen LogP contribution in [0.15, 0.2) is 29.6 Å². The number of aromatic nitrogens is 4. The third-order valence-corrected chi connectivity index (χ3v) is 3.77. The zero-order valence-corrected chi connectivity index (χ0v) is 11.1.